The topological polar surface area (TPSA) is 80.4 Å². The van der Waals surface area contributed by atoms with Crippen molar-refractivity contribution >= 4 is 9.84 Å². The molecule has 0 saturated carbocycles. The van der Waals surface area contributed by atoms with Crippen LogP contribution in [0.1, 0.15) is 6.42 Å². The molecule has 0 aromatic heterocycles. The van der Waals surface area contributed by atoms with Crippen molar-refractivity contribution in [3.8, 4) is 0 Å². The lowest BCUT2D eigenvalue weighted by atomic mass is 9.90. The van der Waals surface area contributed by atoms with Crippen LogP contribution in [0.5, 0.6) is 0 Å². The van der Waals surface area contributed by atoms with Gasteiger partial charge >= 0.3 is 6.18 Å². The third-order valence-corrected chi connectivity index (χ3v) is 4.06. The molecule has 0 aliphatic carbocycles. The van der Waals surface area contributed by atoms with Crippen LogP contribution in [0.4, 0.5) is 13.2 Å². The van der Waals surface area contributed by atoms with Crippen molar-refractivity contribution in [3.63, 3.8) is 0 Å². The fraction of sp³-hybridized carbons (Fsp3) is 0.750. The van der Waals surface area contributed by atoms with E-state index < -0.39 is 39.7 Å². The van der Waals surface area contributed by atoms with Gasteiger partial charge in [0.2, 0.25) is 0 Å². The minimum Gasteiger partial charge on any atom is -0.376 e. The van der Waals surface area contributed by atoms with Crippen molar-refractivity contribution in [3.05, 3.63) is 11.6 Å². The van der Waals surface area contributed by atoms with Gasteiger partial charge in [0.1, 0.15) is 0 Å². The first kappa shape index (κ1) is 13.5. The minimum absolute atomic E-state index is 0.338. The summed E-state index contributed by atoms with van der Waals surface area (Å²) in [6.45, 7) is -1.01. The molecule has 1 rings (SSSR count). The predicted octanol–water partition coefficient (Wildman–Crippen LogP) is -0.0166. The first-order valence-electron chi connectivity index (χ1n) is 4.51. The summed E-state index contributed by atoms with van der Waals surface area (Å²) in [5.74, 6) is -0.877. The Morgan fingerprint density at radius 3 is 2.31 bits per heavy atom. The Kier molecular flexibility index (Phi) is 3.37. The maximum absolute atomic E-state index is 12.6. The molecular formula is C8H12F3NO3S. The Hall–Kier alpha value is -0.600. The van der Waals surface area contributed by atoms with Crippen molar-refractivity contribution < 1.29 is 26.7 Å². The van der Waals surface area contributed by atoms with E-state index in [4.69, 9.17) is 5.73 Å². The highest BCUT2D eigenvalue weighted by atomic mass is 32.2. The molecule has 1 aliphatic rings. The third-order valence-electron chi connectivity index (χ3n) is 2.56. The molecule has 0 fully saturated rings. The maximum atomic E-state index is 12.6. The summed E-state index contributed by atoms with van der Waals surface area (Å²) in [6.07, 6.45) is -4.33. The largest absolute Gasteiger partial charge is 0.422 e. The van der Waals surface area contributed by atoms with Crippen LogP contribution < -0.4 is 5.73 Å². The lowest BCUT2D eigenvalue weighted by Gasteiger charge is -2.33. The molecule has 0 radical (unpaired) electrons. The summed E-state index contributed by atoms with van der Waals surface area (Å²) in [7, 11) is -3.33. The highest BCUT2D eigenvalue weighted by molar-refractivity contribution is 7.91. The van der Waals surface area contributed by atoms with Crippen LogP contribution in [0.2, 0.25) is 0 Å². The molecule has 1 unspecified atom stereocenters. The average molecular weight is 259 g/mol. The number of aliphatic hydroxyl groups is 1. The van der Waals surface area contributed by atoms with Gasteiger partial charge < -0.3 is 10.8 Å². The SMILES string of the molecule is NCC(O)(C1=CCS(=O)(=O)CC1)C(F)(F)F. The molecule has 0 saturated heterocycles. The number of nitrogens with two attached hydrogens (primary N) is 1. The number of halogens is 3. The molecule has 1 heterocycles. The number of hydrogen-bond donors (Lipinski definition) is 2. The van der Waals surface area contributed by atoms with E-state index >= 15 is 0 Å². The molecule has 0 bridgehead atoms. The van der Waals surface area contributed by atoms with E-state index in [2.05, 4.69) is 0 Å². The molecule has 0 spiro atoms. The van der Waals surface area contributed by atoms with E-state index in [1.165, 1.54) is 0 Å². The molecule has 16 heavy (non-hydrogen) atoms. The molecule has 0 aromatic carbocycles. The number of sulfone groups is 1. The van der Waals surface area contributed by atoms with E-state index in [9.17, 15) is 26.7 Å². The summed E-state index contributed by atoms with van der Waals surface area (Å²) in [5, 5.41) is 9.44. The Balaban J connectivity index is 3.05. The third kappa shape index (κ3) is 2.38. The van der Waals surface area contributed by atoms with Crippen LogP contribution in [-0.4, -0.2) is 43.4 Å². The Labute approximate surface area is 90.9 Å². The monoisotopic (exact) mass is 259 g/mol. The minimum atomic E-state index is -4.89. The van der Waals surface area contributed by atoms with Gasteiger partial charge in [-0.3, -0.25) is 0 Å². The quantitative estimate of drug-likeness (QED) is 0.683. The van der Waals surface area contributed by atoms with Gasteiger partial charge in [-0.1, -0.05) is 6.08 Å². The second-order valence-electron chi connectivity index (χ2n) is 3.66. The normalized spacial score (nSPS) is 24.7. The van der Waals surface area contributed by atoms with Crippen LogP contribution in [0.15, 0.2) is 11.6 Å². The van der Waals surface area contributed by atoms with Gasteiger partial charge in [0.25, 0.3) is 0 Å². The molecule has 3 N–H and O–H groups in total. The first-order chi connectivity index (χ1) is 7.12. The van der Waals surface area contributed by atoms with Crippen LogP contribution in [0, 0.1) is 0 Å². The first-order valence-corrected chi connectivity index (χ1v) is 6.33. The summed E-state index contributed by atoms with van der Waals surface area (Å²) >= 11 is 0. The van der Waals surface area contributed by atoms with Crippen LogP contribution >= 0.6 is 0 Å². The number of rotatable bonds is 2. The summed E-state index contributed by atoms with van der Waals surface area (Å²) < 4.78 is 59.7. The molecule has 94 valence electrons. The fourth-order valence-corrected chi connectivity index (χ4v) is 2.64. The van der Waals surface area contributed by atoms with E-state index in [0.717, 1.165) is 6.08 Å². The van der Waals surface area contributed by atoms with Gasteiger partial charge in [-0.2, -0.15) is 13.2 Å². The van der Waals surface area contributed by atoms with Gasteiger partial charge in [0.15, 0.2) is 15.4 Å². The average Bonchev–Trinajstić information content (AvgIpc) is 2.14. The Morgan fingerprint density at radius 2 is 2.00 bits per heavy atom. The standard InChI is InChI=1S/C8H12F3NO3S/c9-8(10,11)7(13,5-12)6-1-3-16(14,15)4-2-6/h1,13H,2-5,12H2. The summed E-state index contributed by atoms with van der Waals surface area (Å²) in [5.41, 5.74) is 1.46. The van der Waals surface area contributed by atoms with E-state index in [1.54, 1.807) is 0 Å². The van der Waals surface area contributed by atoms with E-state index in [1.807, 2.05) is 0 Å². The maximum Gasteiger partial charge on any atom is 0.422 e. The molecule has 0 amide bonds. The predicted molar refractivity (Wildman–Crippen MR) is 51.4 cm³/mol. The highest BCUT2D eigenvalue weighted by Gasteiger charge is 2.55. The van der Waals surface area contributed by atoms with Crippen molar-refractivity contribution in [1.82, 2.24) is 0 Å². The van der Waals surface area contributed by atoms with E-state index in [-0.39, 0.29) is 12.0 Å². The van der Waals surface area contributed by atoms with Crippen LogP contribution in [0.3, 0.4) is 0 Å². The molecule has 1 aliphatic heterocycles. The molecule has 1 atom stereocenters. The smallest absolute Gasteiger partial charge is 0.376 e. The van der Waals surface area contributed by atoms with Gasteiger partial charge in [-0.25, -0.2) is 8.42 Å². The molecule has 4 nitrogen and oxygen atoms in total. The summed E-state index contributed by atoms with van der Waals surface area (Å²) in [6, 6.07) is 0. The van der Waals surface area contributed by atoms with Gasteiger partial charge in [-0.05, 0) is 12.0 Å². The zero-order valence-corrected chi connectivity index (χ0v) is 9.11. The van der Waals surface area contributed by atoms with Crippen molar-refractivity contribution in [2.75, 3.05) is 18.1 Å². The number of hydrogen-bond acceptors (Lipinski definition) is 4. The van der Waals surface area contributed by atoms with Crippen molar-refractivity contribution in [1.29, 1.82) is 0 Å². The second-order valence-corrected chi connectivity index (χ2v) is 5.88. The summed E-state index contributed by atoms with van der Waals surface area (Å²) in [4.78, 5) is 0. The van der Waals surface area contributed by atoms with Gasteiger partial charge in [-0.15, -0.1) is 0 Å². The zero-order valence-electron chi connectivity index (χ0n) is 8.29. The van der Waals surface area contributed by atoms with Crippen molar-refractivity contribution in [2.24, 2.45) is 5.73 Å². The van der Waals surface area contributed by atoms with Crippen LogP contribution in [0.25, 0.3) is 0 Å². The van der Waals surface area contributed by atoms with Gasteiger partial charge in [0.05, 0.1) is 11.5 Å². The Morgan fingerprint density at radius 1 is 1.44 bits per heavy atom. The zero-order chi connectivity index (χ0) is 12.6. The number of alkyl halides is 3. The highest BCUT2D eigenvalue weighted by Crippen LogP contribution is 2.38. The molecule has 8 heteroatoms. The van der Waals surface area contributed by atoms with Crippen molar-refractivity contribution in [2.45, 2.75) is 18.2 Å². The van der Waals surface area contributed by atoms with E-state index in [0.29, 0.717) is 0 Å². The lowest BCUT2D eigenvalue weighted by molar-refractivity contribution is -0.240. The second kappa shape index (κ2) is 4.01. The molecular weight excluding hydrogens is 247 g/mol. The van der Waals surface area contributed by atoms with Crippen LogP contribution in [-0.2, 0) is 9.84 Å². The fourth-order valence-electron chi connectivity index (χ4n) is 1.48. The van der Waals surface area contributed by atoms with Gasteiger partial charge in [0, 0.05) is 6.54 Å². The molecule has 0 aromatic rings. The lowest BCUT2D eigenvalue weighted by Crippen LogP contribution is -2.53. The Bertz CT molecular complexity index is 401.